The van der Waals surface area contributed by atoms with Crippen LogP contribution in [0.15, 0.2) is 0 Å². The summed E-state index contributed by atoms with van der Waals surface area (Å²) in [7, 11) is 0. The molecule has 6 heteroatoms. The van der Waals surface area contributed by atoms with Gasteiger partial charge >= 0.3 is 12.0 Å². The highest BCUT2D eigenvalue weighted by Crippen LogP contribution is 2.08. The standard InChI is InChI=1S/C18H33N2O4/c1-3-4-7-10-16(21)11-8-5-6-9-14-19-18(24)20-15(2)12-13-17(22)23/h14-15H,3-13H2,1-2H3,(H,22,23)(H2,19,20,24). The topological polar surface area (TPSA) is 95.5 Å². The van der Waals surface area contributed by atoms with Crippen molar-refractivity contribution in [1.29, 1.82) is 0 Å². The third kappa shape index (κ3) is 15.3. The molecular weight excluding hydrogens is 308 g/mol. The maximum Gasteiger partial charge on any atom is 0.315 e. The van der Waals surface area contributed by atoms with Crippen molar-refractivity contribution in [1.82, 2.24) is 10.6 Å². The molecule has 0 spiro atoms. The number of ketones is 1. The average molecular weight is 341 g/mol. The van der Waals surface area contributed by atoms with E-state index in [2.05, 4.69) is 17.6 Å². The quantitative estimate of drug-likeness (QED) is 0.395. The van der Waals surface area contributed by atoms with E-state index in [-0.39, 0.29) is 18.5 Å². The van der Waals surface area contributed by atoms with Gasteiger partial charge in [-0.2, -0.15) is 0 Å². The third-order valence-electron chi connectivity index (χ3n) is 3.77. The summed E-state index contributed by atoms with van der Waals surface area (Å²) in [6, 6.07) is -0.479. The first-order valence-corrected chi connectivity index (χ1v) is 9.07. The molecule has 3 N–H and O–H groups in total. The van der Waals surface area contributed by atoms with Crippen LogP contribution in [0.2, 0.25) is 0 Å². The number of carbonyl (C=O) groups is 3. The van der Waals surface area contributed by atoms with Gasteiger partial charge in [0.25, 0.3) is 0 Å². The molecule has 0 aromatic carbocycles. The minimum atomic E-state index is -0.862. The van der Waals surface area contributed by atoms with E-state index in [1.54, 1.807) is 13.5 Å². The fraction of sp³-hybridized carbons (Fsp3) is 0.778. The fourth-order valence-electron chi connectivity index (χ4n) is 2.28. The zero-order valence-corrected chi connectivity index (χ0v) is 15.1. The predicted octanol–water partition coefficient (Wildman–Crippen LogP) is 3.80. The van der Waals surface area contributed by atoms with Gasteiger partial charge in [0.1, 0.15) is 5.78 Å². The van der Waals surface area contributed by atoms with E-state index >= 15 is 0 Å². The van der Waals surface area contributed by atoms with Crippen molar-refractivity contribution in [3.05, 3.63) is 6.54 Å². The van der Waals surface area contributed by atoms with Gasteiger partial charge in [-0.3, -0.25) is 9.59 Å². The van der Waals surface area contributed by atoms with Crippen LogP contribution >= 0.6 is 0 Å². The predicted molar refractivity (Wildman–Crippen MR) is 94.5 cm³/mol. The lowest BCUT2D eigenvalue weighted by molar-refractivity contribution is -0.137. The van der Waals surface area contributed by atoms with E-state index in [0.29, 0.717) is 25.0 Å². The number of carboxylic acids is 1. The molecule has 0 aromatic rings. The Hall–Kier alpha value is -1.59. The van der Waals surface area contributed by atoms with Gasteiger partial charge in [0.2, 0.25) is 0 Å². The second-order valence-electron chi connectivity index (χ2n) is 6.25. The minimum absolute atomic E-state index is 0.0440. The average Bonchev–Trinajstić information content (AvgIpc) is 2.52. The Morgan fingerprint density at radius 2 is 1.67 bits per heavy atom. The van der Waals surface area contributed by atoms with Gasteiger partial charge in [0.15, 0.2) is 0 Å². The Kier molecular flexibility index (Phi) is 14.0. The van der Waals surface area contributed by atoms with Crippen LogP contribution in [0.5, 0.6) is 0 Å². The Balaban J connectivity index is 3.44. The Morgan fingerprint density at radius 3 is 2.29 bits per heavy atom. The summed E-state index contributed by atoms with van der Waals surface area (Å²) < 4.78 is 0. The monoisotopic (exact) mass is 341 g/mol. The summed E-state index contributed by atoms with van der Waals surface area (Å²) in [5.74, 6) is -0.500. The van der Waals surface area contributed by atoms with Crippen molar-refractivity contribution >= 4 is 17.8 Å². The molecule has 0 bridgehead atoms. The van der Waals surface area contributed by atoms with Gasteiger partial charge in [-0.05, 0) is 32.6 Å². The molecule has 24 heavy (non-hydrogen) atoms. The number of amides is 2. The Morgan fingerprint density at radius 1 is 1.00 bits per heavy atom. The van der Waals surface area contributed by atoms with Crippen molar-refractivity contribution in [3.63, 3.8) is 0 Å². The van der Waals surface area contributed by atoms with Crippen LogP contribution in [0, 0.1) is 6.54 Å². The molecule has 0 aromatic heterocycles. The van der Waals surface area contributed by atoms with Gasteiger partial charge in [-0.1, -0.05) is 32.6 Å². The van der Waals surface area contributed by atoms with Gasteiger partial charge < -0.3 is 15.7 Å². The molecule has 0 rings (SSSR count). The molecule has 0 aliphatic heterocycles. The molecule has 0 fully saturated rings. The molecule has 0 saturated carbocycles. The molecule has 0 heterocycles. The maximum absolute atomic E-state index is 11.6. The lowest BCUT2D eigenvalue weighted by Crippen LogP contribution is -2.39. The van der Waals surface area contributed by atoms with Gasteiger partial charge in [0.05, 0.1) is 6.54 Å². The number of Topliss-reactive ketones (excluding diaryl/α,β-unsaturated/α-hetero) is 1. The number of hydrogen-bond donors (Lipinski definition) is 3. The van der Waals surface area contributed by atoms with Crippen LogP contribution in [0.25, 0.3) is 0 Å². The maximum atomic E-state index is 11.6. The summed E-state index contributed by atoms with van der Waals surface area (Å²) in [5.41, 5.74) is 0. The molecular formula is C18H33N2O4. The zero-order valence-electron chi connectivity index (χ0n) is 15.1. The van der Waals surface area contributed by atoms with E-state index < -0.39 is 5.97 Å². The molecule has 6 nitrogen and oxygen atoms in total. The van der Waals surface area contributed by atoms with Crippen LogP contribution in [0.1, 0.15) is 84.5 Å². The summed E-state index contributed by atoms with van der Waals surface area (Å²) in [5, 5.41) is 13.9. The molecule has 2 amide bonds. The highest BCUT2D eigenvalue weighted by atomic mass is 16.4. The normalized spacial score (nSPS) is 11.8. The third-order valence-corrected chi connectivity index (χ3v) is 3.77. The first kappa shape index (κ1) is 22.4. The number of urea groups is 1. The number of rotatable bonds is 15. The number of carboxylic acid groups (broad SMARTS) is 1. The Bertz CT molecular complexity index is 372. The van der Waals surface area contributed by atoms with Crippen LogP contribution in [-0.2, 0) is 9.59 Å². The van der Waals surface area contributed by atoms with E-state index in [1.165, 1.54) is 0 Å². The second kappa shape index (κ2) is 15.0. The van der Waals surface area contributed by atoms with Gasteiger partial charge in [0, 0.05) is 25.3 Å². The van der Waals surface area contributed by atoms with E-state index in [0.717, 1.165) is 44.9 Å². The molecule has 1 radical (unpaired) electrons. The first-order chi connectivity index (χ1) is 11.5. The van der Waals surface area contributed by atoms with E-state index in [9.17, 15) is 14.4 Å². The summed E-state index contributed by atoms with van der Waals surface area (Å²) in [4.78, 5) is 33.6. The van der Waals surface area contributed by atoms with Gasteiger partial charge in [-0.15, -0.1) is 0 Å². The highest BCUT2D eigenvalue weighted by Gasteiger charge is 2.08. The molecule has 139 valence electrons. The smallest absolute Gasteiger partial charge is 0.315 e. The van der Waals surface area contributed by atoms with Crippen molar-refractivity contribution in [3.8, 4) is 0 Å². The summed E-state index contributed by atoms with van der Waals surface area (Å²) >= 11 is 0. The lowest BCUT2D eigenvalue weighted by atomic mass is 10.1. The SMILES string of the molecule is CCCCCC(=O)CCCCC[CH]NC(=O)NC(C)CCC(=O)O. The van der Waals surface area contributed by atoms with Crippen LogP contribution in [0.4, 0.5) is 4.79 Å². The largest absolute Gasteiger partial charge is 0.481 e. The molecule has 1 unspecified atom stereocenters. The van der Waals surface area contributed by atoms with Crippen LogP contribution < -0.4 is 10.6 Å². The minimum Gasteiger partial charge on any atom is -0.481 e. The number of unbranched alkanes of at least 4 members (excludes halogenated alkanes) is 5. The van der Waals surface area contributed by atoms with Crippen molar-refractivity contribution < 1.29 is 19.5 Å². The lowest BCUT2D eigenvalue weighted by Gasteiger charge is -2.13. The Labute approximate surface area is 145 Å². The van der Waals surface area contributed by atoms with Crippen molar-refractivity contribution in [2.45, 2.75) is 90.5 Å². The fourth-order valence-corrected chi connectivity index (χ4v) is 2.28. The van der Waals surface area contributed by atoms with Gasteiger partial charge in [-0.25, -0.2) is 4.79 Å². The molecule has 0 aliphatic rings. The molecule has 1 atom stereocenters. The van der Waals surface area contributed by atoms with E-state index in [4.69, 9.17) is 5.11 Å². The first-order valence-electron chi connectivity index (χ1n) is 9.07. The number of carbonyl (C=O) groups excluding carboxylic acids is 2. The van der Waals surface area contributed by atoms with Crippen LogP contribution in [0.3, 0.4) is 0 Å². The number of aliphatic carboxylic acids is 1. The number of hydrogen-bond acceptors (Lipinski definition) is 3. The second-order valence-corrected chi connectivity index (χ2v) is 6.25. The summed E-state index contributed by atoms with van der Waals surface area (Å²) in [6.45, 7) is 5.62. The molecule has 0 saturated heterocycles. The van der Waals surface area contributed by atoms with Crippen molar-refractivity contribution in [2.24, 2.45) is 0 Å². The van der Waals surface area contributed by atoms with Crippen molar-refractivity contribution in [2.75, 3.05) is 0 Å². The van der Waals surface area contributed by atoms with E-state index in [1.807, 2.05) is 0 Å². The molecule has 0 aliphatic carbocycles. The number of nitrogens with one attached hydrogen (secondary N) is 2. The van der Waals surface area contributed by atoms with Crippen LogP contribution in [-0.4, -0.2) is 28.9 Å². The highest BCUT2D eigenvalue weighted by molar-refractivity contribution is 5.78. The summed E-state index contributed by atoms with van der Waals surface area (Å²) in [6.07, 6.45) is 8.71. The zero-order chi connectivity index (χ0) is 18.2.